The van der Waals surface area contributed by atoms with Crippen molar-refractivity contribution in [1.29, 1.82) is 0 Å². The fourth-order valence-corrected chi connectivity index (χ4v) is 5.18. The Labute approximate surface area is 249 Å². The Balaban J connectivity index is 1.15. The van der Waals surface area contributed by atoms with Crippen LogP contribution in [0.5, 0.6) is 11.5 Å². The van der Waals surface area contributed by atoms with E-state index in [9.17, 15) is 9.90 Å². The van der Waals surface area contributed by atoms with E-state index in [2.05, 4.69) is 45.5 Å². The molecule has 0 unspecified atom stereocenters. The van der Waals surface area contributed by atoms with Crippen LogP contribution in [-0.4, -0.2) is 34.2 Å². The van der Waals surface area contributed by atoms with E-state index in [1.165, 1.54) is 18.2 Å². The summed E-state index contributed by atoms with van der Waals surface area (Å²) >= 11 is 0. The number of aliphatic hydroxyl groups excluding tert-OH is 1. The molecule has 4 aromatic carbocycles. The smallest absolute Gasteiger partial charge is 0.182 e. The molecule has 0 bridgehead atoms. The average Bonchev–Trinajstić information content (AvgIpc) is 3.67. The zero-order chi connectivity index (χ0) is 29.8. The number of ether oxygens (including phenoxy) is 2. The van der Waals surface area contributed by atoms with Gasteiger partial charge in [0.15, 0.2) is 5.78 Å². The third-order valence-electron chi connectivity index (χ3n) is 7.30. The number of allylic oxidation sites excluding steroid dienone is 3. The number of aliphatic hydroxyl groups is 1. The molecule has 0 spiro atoms. The molecule has 6 rings (SSSR count). The van der Waals surface area contributed by atoms with E-state index in [0.717, 1.165) is 44.3 Å². The molecule has 0 aliphatic heterocycles. The van der Waals surface area contributed by atoms with Crippen molar-refractivity contribution in [1.82, 2.24) is 9.13 Å². The summed E-state index contributed by atoms with van der Waals surface area (Å²) in [5.41, 5.74) is 5.60. The summed E-state index contributed by atoms with van der Waals surface area (Å²) in [6.07, 6.45) is 11.6. The number of methoxy groups -OCH3 is 2. The van der Waals surface area contributed by atoms with Gasteiger partial charge in [0.1, 0.15) is 17.3 Å². The van der Waals surface area contributed by atoms with Crippen LogP contribution in [0.15, 0.2) is 133 Å². The van der Waals surface area contributed by atoms with Crippen LogP contribution in [0, 0.1) is 0 Å². The van der Waals surface area contributed by atoms with E-state index in [1.54, 1.807) is 26.4 Å². The van der Waals surface area contributed by atoms with Gasteiger partial charge in [-0.15, -0.1) is 0 Å². The van der Waals surface area contributed by atoms with Gasteiger partial charge in [0.2, 0.25) is 0 Å². The van der Waals surface area contributed by atoms with Crippen molar-refractivity contribution >= 4 is 39.7 Å². The third kappa shape index (κ3) is 5.72. The SMILES string of the molecule is COc1cc(/C=C/C(=O)/C=C(O)/C=C/c2ccc(-n3ccc4ccccc43)c(OC)c2)ccc1-n1ccc2ccccc21. The minimum atomic E-state index is -0.339. The van der Waals surface area contributed by atoms with Crippen molar-refractivity contribution in [2.75, 3.05) is 14.2 Å². The number of rotatable bonds is 9. The normalized spacial score (nSPS) is 12.1. The lowest BCUT2D eigenvalue weighted by atomic mass is 10.1. The Morgan fingerprint density at radius 1 is 0.651 bits per heavy atom. The highest BCUT2D eigenvalue weighted by Gasteiger charge is 2.10. The molecule has 0 saturated carbocycles. The van der Waals surface area contributed by atoms with Crippen LogP contribution in [0.3, 0.4) is 0 Å². The molecule has 6 heteroatoms. The first-order valence-electron chi connectivity index (χ1n) is 13.8. The van der Waals surface area contributed by atoms with E-state index < -0.39 is 0 Å². The second-order valence-electron chi connectivity index (χ2n) is 9.99. The maximum atomic E-state index is 12.6. The summed E-state index contributed by atoms with van der Waals surface area (Å²) in [5, 5.41) is 12.7. The monoisotopic (exact) mass is 566 g/mol. The van der Waals surface area contributed by atoms with Gasteiger partial charge < -0.3 is 23.7 Å². The predicted octanol–water partition coefficient (Wildman–Crippen LogP) is 8.33. The number of fused-ring (bicyclic) bond motifs is 2. The Hall–Kier alpha value is -5.75. The molecule has 6 aromatic rings. The highest BCUT2D eigenvalue weighted by molar-refractivity contribution is 6.02. The third-order valence-corrected chi connectivity index (χ3v) is 7.30. The first kappa shape index (κ1) is 27.4. The van der Waals surface area contributed by atoms with Crippen molar-refractivity contribution in [3.63, 3.8) is 0 Å². The van der Waals surface area contributed by atoms with Crippen LogP contribution in [-0.2, 0) is 4.79 Å². The number of ketones is 1. The lowest BCUT2D eigenvalue weighted by molar-refractivity contribution is -0.110. The van der Waals surface area contributed by atoms with Crippen molar-refractivity contribution in [2.24, 2.45) is 0 Å². The van der Waals surface area contributed by atoms with Gasteiger partial charge in [0.05, 0.1) is 36.6 Å². The fraction of sp³-hybridized carbons (Fsp3) is 0.0541. The average molecular weight is 567 g/mol. The highest BCUT2D eigenvalue weighted by Crippen LogP contribution is 2.30. The molecule has 6 nitrogen and oxygen atoms in total. The molecule has 1 N–H and O–H groups in total. The Morgan fingerprint density at radius 3 is 1.65 bits per heavy atom. The highest BCUT2D eigenvalue weighted by atomic mass is 16.5. The predicted molar refractivity (Wildman–Crippen MR) is 173 cm³/mol. The number of hydrogen-bond donors (Lipinski definition) is 1. The number of carbonyl (C=O) groups excluding carboxylic acids is 1. The first-order chi connectivity index (χ1) is 21.0. The second-order valence-corrected chi connectivity index (χ2v) is 9.99. The number of aromatic nitrogens is 2. The van der Waals surface area contributed by atoms with Crippen LogP contribution in [0.25, 0.3) is 45.3 Å². The summed E-state index contributed by atoms with van der Waals surface area (Å²) in [6.45, 7) is 0. The molecule has 0 aliphatic rings. The summed E-state index contributed by atoms with van der Waals surface area (Å²) in [4.78, 5) is 12.6. The van der Waals surface area contributed by atoms with Crippen LogP contribution < -0.4 is 9.47 Å². The van der Waals surface area contributed by atoms with Gasteiger partial charge in [-0.25, -0.2) is 0 Å². The van der Waals surface area contributed by atoms with Crippen molar-refractivity contribution < 1.29 is 19.4 Å². The van der Waals surface area contributed by atoms with E-state index in [4.69, 9.17) is 9.47 Å². The van der Waals surface area contributed by atoms with Gasteiger partial charge >= 0.3 is 0 Å². The lowest BCUT2D eigenvalue weighted by Gasteiger charge is -2.12. The number of nitrogens with zero attached hydrogens (tertiary/aromatic N) is 2. The van der Waals surface area contributed by atoms with E-state index >= 15 is 0 Å². The number of carbonyl (C=O) groups is 1. The molecule has 43 heavy (non-hydrogen) atoms. The molecule has 0 amide bonds. The lowest BCUT2D eigenvalue weighted by Crippen LogP contribution is -1.97. The Kier molecular flexibility index (Phi) is 7.66. The maximum absolute atomic E-state index is 12.6. The zero-order valence-corrected chi connectivity index (χ0v) is 23.8. The largest absolute Gasteiger partial charge is 0.508 e. The first-order valence-corrected chi connectivity index (χ1v) is 13.8. The van der Waals surface area contributed by atoms with Gasteiger partial charge in [-0.2, -0.15) is 0 Å². The molecular weight excluding hydrogens is 536 g/mol. The quantitative estimate of drug-likeness (QED) is 0.109. The number of para-hydroxylation sites is 2. The molecule has 0 fully saturated rings. The molecular formula is C37H30N2O4. The molecule has 212 valence electrons. The number of hydrogen-bond acceptors (Lipinski definition) is 4. The van der Waals surface area contributed by atoms with Gasteiger partial charge in [-0.3, -0.25) is 4.79 Å². The molecule has 0 saturated heterocycles. The van der Waals surface area contributed by atoms with Gasteiger partial charge in [-0.05, 0) is 82.6 Å². The van der Waals surface area contributed by atoms with Crippen LogP contribution in [0.4, 0.5) is 0 Å². The topological polar surface area (TPSA) is 65.6 Å². The van der Waals surface area contributed by atoms with Crippen LogP contribution in [0.2, 0.25) is 0 Å². The van der Waals surface area contributed by atoms with Crippen molar-refractivity contribution in [2.45, 2.75) is 0 Å². The van der Waals surface area contributed by atoms with Gasteiger partial charge in [0.25, 0.3) is 0 Å². The summed E-state index contributed by atoms with van der Waals surface area (Å²) in [6, 6.07) is 32.0. The number of benzene rings is 4. The molecule has 0 aliphatic carbocycles. The summed E-state index contributed by atoms with van der Waals surface area (Å²) < 4.78 is 15.5. The van der Waals surface area contributed by atoms with Crippen molar-refractivity contribution in [3.8, 4) is 22.9 Å². The molecule has 0 radical (unpaired) electrons. The van der Waals surface area contributed by atoms with Crippen LogP contribution >= 0.6 is 0 Å². The Bertz CT molecular complexity index is 2040. The zero-order valence-electron chi connectivity index (χ0n) is 23.8. The second kappa shape index (κ2) is 12.0. The summed E-state index contributed by atoms with van der Waals surface area (Å²) in [5.74, 6) is 0.886. The molecule has 2 heterocycles. The molecule has 2 aromatic heterocycles. The Morgan fingerprint density at radius 2 is 1.14 bits per heavy atom. The van der Waals surface area contributed by atoms with Gasteiger partial charge in [0, 0.05) is 18.5 Å². The van der Waals surface area contributed by atoms with Crippen molar-refractivity contribution in [3.05, 3.63) is 145 Å². The van der Waals surface area contributed by atoms with Gasteiger partial charge in [-0.1, -0.05) is 60.7 Å². The maximum Gasteiger partial charge on any atom is 0.182 e. The summed E-state index contributed by atoms with van der Waals surface area (Å²) in [7, 11) is 3.26. The van der Waals surface area contributed by atoms with E-state index in [0.29, 0.717) is 11.5 Å². The minimum absolute atomic E-state index is 0.151. The minimum Gasteiger partial charge on any atom is -0.508 e. The van der Waals surface area contributed by atoms with E-state index in [-0.39, 0.29) is 11.5 Å². The molecule has 0 atom stereocenters. The fourth-order valence-electron chi connectivity index (χ4n) is 5.18. The van der Waals surface area contributed by atoms with Crippen LogP contribution in [0.1, 0.15) is 11.1 Å². The standard InChI is InChI=1S/C37H30N2O4/c1-42-36-23-26(13-17-34(36)38-21-19-28-7-3-5-9-32(28)38)11-15-30(40)25-31(41)16-12-27-14-18-35(37(24-27)43-2)39-22-20-29-8-4-6-10-33(29)39/h3-25,40H,1-2H3/b15-11+,16-12+,30-25-. The van der Waals surface area contributed by atoms with E-state index in [1.807, 2.05) is 73.1 Å².